The van der Waals surface area contributed by atoms with Crippen LogP contribution in [0.4, 0.5) is 5.69 Å². The van der Waals surface area contributed by atoms with Crippen molar-refractivity contribution in [2.24, 2.45) is 0 Å². The second-order valence-electron chi connectivity index (χ2n) is 5.72. The Morgan fingerprint density at radius 1 is 0.852 bits per heavy atom. The minimum atomic E-state index is -0.395. The van der Waals surface area contributed by atoms with Crippen molar-refractivity contribution in [2.75, 3.05) is 5.32 Å². The van der Waals surface area contributed by atoms with Gasteiger partial charge in [-0.2, -0.15) is 4.80 Å². The molecule has 5 nitrogen and oxygen atoms in total. The zero-order valence-corrected chi connectivity index (χ0v) is 15.9. The fourth-order valence-corrected chi connectivity index (χ4v) is 3.27. The molecule has 0 fully saturated rings. The fraction of sp³-hybridized carbons (Fsp3) is 0. The third-order valence-corrected chi connectivity index (χ3v) is 4.74. The van der Waals surface area contributed by atoms with Crippen LogP contribution in [0.15, 0.2) is 60.7 Å². The maximum Gasteiger partial charge on any atom is 0.257 e. The van der Waals surface area contributed by atoms with Gasteiger partial charge in [-0.15, -0.1) is 10.2 Å². The molecule has 0 bridgehead atoms. The number of nitrogens with zero attached hydrogens (tertiary/aromatic N) is 3. The number of carbonyl (C=O) groups excluding carboxylic acids is 1. The molecule has 27 heavy (non-hydrogen) atoms. The Morgan fingerprint density at radius 3 is 2.26 bits per heavy atom. The van der Waals surface area contributed by atoms with Gasteiger partial charge >= 0.3 is 0 Å². The zero-order valence-electron chi connectivity index (χ0n) is 13.7. The van der Waals surface area contributed by atoms with Gasteiger partial charge in [-0.05, 0) is 42.5 Å². The Balaban J connectivity index is 1.68. The number of carbonyl (C=O) groups is 1. The topological polar surface area (TPSA) is 59.8 Å². The van der Waals surface area contributed by atoms with Gasteiger partial charge in [-0.25, -0.2) is 0 Å². The van der Waals surface area contributed by atoms with Crippen LogP contribution < -0.4 is 5.32 Å². The van der Waals surface area contributed by atoms with E-state index in [-0.39, 0.29) is 5.02 Å². The maximum absolute atomic E-state index is 12.5. The maximum atomic E-state index is 12.5. The Hall–Kier alpha value is -2.60. The van der Waals surface area contributed by atoms with Crippen LogP contribution in [0.3, 0.4) is 0 Å². The second kappa shape index (κ2) is 7.19. The molecule has 0 spiro atoms. The molecule has 0 saturated carbocycles. The number of amides is 1. The van der Waals surface area contributed by atoms with E-state index in [0.717, 1.165) is 5.69 Å². The highest BCUT2D eigenvalue weighted by atomic mass is 35.5. The Morgan fingerprint density at radius 2 is 1.56 bits per heavy atom. The van der Waals surface area contributed by atoms with Crippen molar-refractivity contribution in [1.29, 1.82) is 0 Å². The van der Waals surface area contributed by atoms with Crippen LogP contribution in [0, 0.1) is 0 Å². The number of fused-ring (bicyclic) bond motifs is 1. The van der Waals surface area contributed by atoms with E-state index in [1.807, 2.05) is 30.3 Å². The van der Waals surface area contributed by atoms with Gasteiger partial charge in [-0.1, -0.05) is 53.0 Å². The summed E-state index contributed by atoms with van der Waals surface area (Å²) < 4.78 is 0. The normalized spacial score (nSPS) is 10.9. The number of hydrogen-bond donors (Lipinski definition) is 1. The molecule has 0 aliphatic rings. The van der Waals surface area contributed by atoms with Crippen molar-refractivity contribution in [1.82, 2.24) is 15.0 Å². The first-order valence-electron chi connectivity index (χ1n) is 7.90. The Labute approximate surface area is 169 Å². The van der Waals surface area contributed by atoms with Gasteiger partial charge in [0.15, 0.2) is 0 Å². The molecule has 0 saturated heterocycles. The minimum absolute atomic E-state index is 0.257. The van der Waals surface area contributed by atoms with Crippen LogP contribution in [0.5, 0.6) is 0 Å². The standard InChI is InChI=1S/C19H11Cl3N4O/c20-11-6-7-13(14(21)8-11)19(27)23-16-10-18-17(9-15(16)22)24-26(25-18)12-4-2-1-3-5-12/h1-10H,(H,23,27). The minimum Gasteiger partial charge on any atom is -0.321 e. The molecule has 3 aromatic carbocycles. The van der Waals surface area contributed by atoms with Gasteiger partial charge in [0.1, 0.15) is 11.0 Å². The van der Waals surface area contributed by atoms with Gasteiger partial charge in [0.2, 0.25) is 0 Å². The Bertz CT molecular complexity index is 1160. The molecular formula is C19H11Cl3N4O. The highest BCUT2D eigenvalue weighted by molar-refractivity contribution is 6.38. The van der Waals surface area contributed by atoms with E-state index >= 15 is 0 Å². The number of benzene rings is 3. The molecule has 1 aromatic heterocycles. The van der Waals surface area contributed by atoms with E-state index in [9.17, 15) is 4.79 Å². The van der Waals surface area contributed by atoms with Crippen molar-refractivity contribution in [3.05, 3.63) is 81.3 Å². The molecule has 1 N–H and O–H groups in total. The number of rotatable bonds is 3. The SMILES string of the molecule is O=C(Nc1cc2nn(-c3ccccc3)nc2cc1Cl)c1ccc(Cl)cc1Cl. The lowest BCUT2D eigenvalue weighted by molar-refractivity contribution is 0.102. The summed E-state index contributed by atoms with van der Waals surface area (Å²) in [4.78, 5) is 14.0. The lowest BCUT2D eigenvalue weighted by Crippen LogP contribution is -2.12. The van der Waals surface area contributed by atoms with Gasteiger partial charge < -0.3 is 5.32 Å². The van der Waals surface area contributed by atoms with Crippen LogP contribution in [-0.2, 0) is 0 Å². The van der Waals surface area contributed by atoms with Crippen molar-refractivity contribution in [2.45, 2.75) is 0 Å². The first kappa shape index (κ1) is 17.8. The molecule has 0 atom stereocenters. The quantitative estimate of drug-likeness (QED) is 0.470. The molecule has 1 heterocycles. The zero-order chi connectivity index (χ0) is 19.0. The molecule has 134 valence electrons. The van der Waals surface area contributed by atoms with Crippen molar-refractivity contribution in [3.63, 3.8) is 0 Å². The monoisotopic (exact) mass is 416 g/mol. The smallest absolute Gasteiger partial charge is 0.257 e. The molecule has 4 rings (SSSR count). The highest BCUT2D eigenvalue weighted by Crippen LogP contribution is 2.28. The van der Waals surface area contributed by atoms with E-state index < -0.39 is 5.91 Å². The van der Waals surface area contributed by atoms with Crippen LogP contribution in [0.25, 0.3) is 16.7 Å². The van der Waals surface area contributed by atoms with E-state index in [4.69, 9.17) is 34.8 Å². The number of anilines is 1. The van der Waals surface area contributed by atoms with E-state index in [0.29, 0.717) is 32.3 Å². The lowest BCUT2D eigenvalue weighted by atomic mass is 10.2. The second-order valence-corrected chi connectivity index (χ2v) is 6.97. The molecule has 0 aliphatic heterocycles. The molecule has 1 amide bonds. The summed E-state index contributed by atoms with van der Waals surface area (Å²) in [6, 6.07) is 17.5. The molecule has 0 unspecified atom stereocenters. The lowest BCUT2D eigenvalue weighted by Gasteiger charge is -2.08. The fourth-order valence-electron chi connectivity index (χ4n) is 2.57. The average Bonchev–Trinajstić information content (AvgIpc) is 3.05. The summed E-state index contributed by atoms with van der Waals surface area (Å²) in [6.45, 7) is 0. The third kappa shape index (κ3) is 3.62. The molecular weight excluding hydrogens is 407 g/mol. The molecule has 8 heteroatoms. The molecule has 0 radical (unpaired) electrons. The number of halogens is 3. The number of aromatic nitrogens is 3. The highest BCUT2D eigenvalue weighted by Gasteiger charge is 2.15. The predicted octanol–water partition coefficient (Wildman–Crippen LogP) is 5.63. The summed E-state index contributed by atoms with van der Waals surface area (Å²) in [6.07, 6.45) is 0. The van der Waals surface area contributed by atoms with Crippen LogP contribution in [0.2, 0.25) is 15.1 Å². The van der Waals surface area contributed by atoms with Crippen molar-refractivity contribution >= 4 is 57.4 Å². The van der Waals surface area contributed by atoms with E-state index in [2.05, 4.69) is 15.5 Å². The summed E-state index contributed by atoms with van der Waals surface area (Å²) in [5.74, 6) is -0.395. The van der Waals surface area contributed by atoms with Crippen molar-refractivity contribution in [3.8, 4) is 5.69 Å². The van der Waals surface area contributed by atoms with Gasteiger partial charge in [-0.3, -0.25) is 4.79 Å². The summed E-state index contributed by atoms with van der Waals surface area (Å²) in [5, 5.41) is 12.7. The summed E-state index contributed by atoms with van der Waals surface area (Å²) in [5.41, 5.74) is 2.75. The van der Waals surface area contributed by atoms with Crippen LogP contribution >= 0.6 is 34.8 Å². The molecule has 4 aromatic rings. The van der Waals surface area contributed by atoms with Crippen LogP contribution in [0.1, 0.15) is 10.4 Å². The largest absolute Gasteiger partial charge is 0.321 e. The van der Waals surface area contributed by atoms with E-state index in [1.165, 1.54) is 10.9 Å². The summed E-state index contributed by atoms with van der Waals surface area (Å²) >= 11 is 18.3. The first-order valence-corrected chi connectivity index (χ1v) is 9.03. The van der Waals surface area contributed by atoms with Gasteiger partial charge in [0.05, 0.1) is 27.0 Å². The van der Waals surface area contributed by atoms with Gasteiger partial charge in [0, 0.05) is 5.02 Å². The Kier molecular flexibility index (Phi) is 4.74. The molecule has 0 aliphatic carbocycles. The van der Waals surface area contributed by atoms with Crippen LogP contribution in [-0.4, -0.2) is 20.9 Å². The van der Waals surface area contributed by atoms with E-state index in [1.54, 1.807) is 24.3 Å². The summed E-state index contributed by atoms with van der Waals surface area (Å²) in [7, 11) is 0. The number of para-hydroxylation sites is 1. The predicted molar refractivity (Wildman–Crippen MR) is 108 cm³/mol. The number of hydrogen-bond acceptors (Lipinski definition) is 3. The van der Waals surface area contributed by atoms with Crippen molar-refractivity contribution < 1.29 is 4.79 Å². The third-order valence-electron chi connectivity index (χ3n) is 3.88. The van der Waals surface area contributed by atoms with Gasteiger partial charge in [0.25, 0.3) is 5.91 Å². The number of nitrogens with one attached hydrogen (secondary N) is 1. The average molecular weight is 418 g/mol. The first-order chi connectivity index (χ1) is 13.0.